The first-order valence-corrected chi connectivity index (χ1v) is 6.67. The molecule has 0 radical (unpaired) electrons. The van der Waals surface area contributed by atoms with Gasteiger partial charge in [-0.25, -0.2) is 4.68 Å². The average Bonchev–Trinajstić information content (AvgIpc) is 2.47. The van der Waals surface area contributed by atoms with Gasteiger partial charge in [0.15, 0.2) is 0 Å². The van der Waals surface area contributed by atoms with E-state index in [1.807, 2.05) is 11.6 Å². The van der Waals surface area contributed by atoms with E-state index in [2.05, 4.69) is 34.6 Å². The molecule has 0 amide bonds. The van der Waals surface area contributed by atoms with E-state index in [4.69, 9.17) is 5.73 Å². The number of nitrogen functional groups attached to an aromatic ring is 1. The van der Waals surface area contributed by atoms with E-state index < -0.39 is 0 Å². The van der Waals surface area contributed by atoms with Gasteiger partial charge < -0.3 is 5.73 Å². The second-order valence-electron chi connectivity index (χ2n) is 4.64. The quantitative estimate of drug-likeness (QED) is 0.808. The van der Waals surface area contributed by atoms with Crippen LogP contribution < -0.4 is 5.73 Å². The van der Waals surface area contributed by atoms with Crippen LogP contribution in [0, 0.1) is 16.4 Å². The molecule has 4 heteroatoms. The molecule has 0 atom stereocenters. The molecule has 0 aromatic carbocycles. The van der Waals surface area contributed by atoms with Gasteiger partial charge in [0.25, 0.3) is 0 Å². The van der Waals surface area contributed by atoms with Crippen LogP contribution in [0.2, 0.25) is 0 Å². The number of nitrogens with two attached hydrogens (primary N) is 1. The van der Waals surface area contributed by atoms with Gasteiger partial charge in [-0.2, -0.15) is 5.10 Å². The number of rotatable bonds is 1. The van der Waals surface area contributed by atoms with Gasteiger partial charge in [0.2, 0.25) is 0 Å². The highest BCUT2D eigenvalue weighted by molar-refractivity contribution is 14.1. The third-order valence-electron chi connectivity index (χ3n) is 3.38. The number of halogens is 1. The van der Waals surface area contributed by atoms with Gasteiger partial charge in [-0.15, -0.1) is 0 Å². The molecule has 15 heavy (non-hydrogen) atoms. The Morgan fingerprint density at radius 1 is 1.33 bits per heavy atom. The van der Waals surface area contributed by atoms with Crippen LogP contribution in [0.5, 0.6) is 0 Å². The molecular weight excluding hydrogens is 301 g/mol. The van der Waals surface area contributed by atoms with Crippen LogP contribution in [0.15, 0.2) is 0 Å². The Bertz CT molecular complexity index is 351. The number of hydrogen-bond donors (Lipinski definition) is 1. The lowest BCUT2D eigenvalue weighted by Gasteiger charge is -2.27. The summed E-state index contributed by atoms with van der Waals surface area (Å²) in [6.45, 7) is 4.36. The van der Waals surface area contributed by atoms with Gasteiger partial charge in [-0.3, -0.25) is 0 Å². The van der Waals surface area contributed by atoms with Gasteiger partial charge in [-0.1, -0.05) is 6.92 Å². The SMILES string of the molecule is Cc1nn(C2CCC(C)CC2)c(N)c1I. The number of nitrogens with zero attached hydrogens (tertiary/aromatic N) is 2. The first-order chi connectivity index (χ1) is 7.09. The zero-order chi connectivity index (χ0) is 11.0. The normalized spacial score (nSPS) is 26.9. The molecule has 1 saturated carbocycles. The molecule has 0 aliphatic heterocycles. The molecule has 0 bridgehead atoms. The zero-order valence-corrected chi connectivity index (χ0v) is 11.5. The first kappa shape index (κ1) is 11.2. The lowest BCUT2D eigenvalue weighted by atomic mass is 9.87. The minimum atomic E-state index is 0.531. The second-order valence-corrected chi connectivity index (χ2v) is 5.72. The summed E-state index contributed by atoms with van der Waals surface area (Å²) in [6, 6.07) is 0.531. The maximum absolute atomic E-state index is 6.06. The maximum atomic E-state index is 6.06. The number of aromatic nitrogens is 2. The van der Waals surface area contributed by atoms with Crippen molar-refractivity contribution in [1.82, 2.24) is 9.78 Å². The van der Waals surface area contributed by atoms with E-state index in [0.29, 0.717) is 6.04 Å². The third kappa shape index (κ3) is 2.14. The van der Waals surface area contributed by atoms with Crippen molar-refractivity contribution in [2.45, 2.75) is 45.6 Å². The lowest BCUT2D eigenvalue weighted by molar-refractivity contribution is 0.276. The summed E-state index contributed by atoms with van der Waals surface area (Å²) in [5.74, 6) is 1.73. The topological polar surface area (TPSA) is 43.8 Å². The van der Waals surface area contributed by atoms with Crippen LogP contribution >= 0.6 is 22.6 Å². The molecule has 0 saturated heterocycles. The van der Waals surface area contributed by atoms with Crippen LogP contribution in [0.1, 0.15) is 44.3 Å². The van der Waals surface area contributed by atoms with Crippen LogP contribution in [0.25, 0.3) is 0 Å². The summed E-state index contributed by atoms with van der Waals surface area (Å²) in [7, 11) is 0. The predicted molar refractivity (Wildman–Crippen MR) is 70.8 cm³/mol. The third-order valence-corrected chi connectivity index (χ3v) is 4.71. The summed E-state index contributed by atoms with van der Waals surface area (Å²) in [5, 5.41) is 4.54. The van der Waals surface area contributed by atoms with Crippen molar-refractivity contribution in [2.24, 2.45) is 5.92 Å². The minimum Gasteiger partial charge on any atom is -0.383 e. The molecule has 1 aliphatic carbocycles. The zero-order valence-electron chi connectivity index (χ0n) is 9.33. The van der Waals surface area contributed by atoms with Gasteiger partial charge in [0.1, 0.15) is 5.82 Å². The van der Waals surface area contributed by atoms with Crippen molar-refractivity contribution in [3.05, 3.63) is 9.26 Å². The van der Waals surface area contributed by atoms with E-state index in [0.717, 1.165) is 21.0 Å². The number of hydrogen-bond acceptors (Lipinski definition) is 2. The van der Waals surface area contributed by atoms with E-state index in [9.17, 15) is 0 Å². The highest BCUT2D eigenvalue weighted by atomic mass is 127. The van der Waals surface area contributed by atoms with Crippen molar-refractivity contribution in [3.63, 3.8) is 0 Å². The summed E-state index contributed by atoms with van der Waals surface area (Å²) >= 11 is 2.28. The molecule has 1 aromatic rings. The molecule has 2 rings (SSSR count). The van der Waals surface area contributed by atoms with Crippen molar-refractivity contribution in [1.29, 1.82) is 0 Å². The molecule has 0 spiro atoms. The van der Waals surface area contributed by atoms with Crippen LogP contribution in [-0.2, 0) is 0 Å². The largest absolute Gasteiger partial charge is 0.383 e. The van der Waals surface area contributed by atoms with Crippen molar-refractivity contribution < 1.29 is 0 Å². The smallest absolute Gasteiger partial charge is 0.135 e. The minimum absolute atomic E-state index is 0.531. The van der Waals surface area contributed by atoms with E-state index in [1.54, 1.807) is 0 Å². The van der Waals surface area contributed by atoms with Crippen molar-refractivity contribution in [3.8, 4) is 0 Å². The molecule has 0 unspecified atom stereocenters. The average molecular weight is 319 g/mol. The molecule has 1 aromatic heterocycles. The van der Waals surface area contributed by atoms with Crippen LogP contribution in [-0.4, -0.2) is 9.78 Å². The first-order valence-electron chi connectivity index (χ1n) is 5.59. The molecule has 1 heterocycles. The standard InChI is InChI=1S/C11H18IN3/c1-7-3-5-9(6-4-7)15-11(13)10(12)8(2)14-15/h7,9H,3-6,13H2,1-2H3. The van der Waals surface area contributed by atoms with Crippen LogP contribution in [0.3, 0.4) is 0 Å². The molecule has 1 fully saturated rings. The fourth-order valence-electron chi connectivity index (χ4n) is 2.31. The summed E-state index contributed by atoms with van der Waals surface area (Å²) in [6.07, 6.45) is 5.06. The number of aryl methyl sites for hydroxylation is 1. The lowest BCUT2D eigenvalue weighted by Crippen LogP contribution is -2.19. The molecule has 1 aliphatic rings. The predicted octanol–water partition coefficient (Wildman–Crippen LogP) is 3.13. The fourth-order valence-corrected chi connectivity index (χ4v) is 2.67. The number of anilines is 1. The van der Waals surface area contributed by atoms with Crippen LogP contribution in [0.4, 0.5) is 5.82 Å². The molecule has 2 N–H and O–H groups in total. The Balaban J connectivity index is 2.19. The highest BCUT2D eigenvalue weighted by Gasteiger charge is 2.23. The molecule has 3 nitrogen and oxygen atoms in total. The Labute approximate surface area is 105 Å². The summed E-state index contributed by atoms with van der Waals surface area (Å²) < 4.78 is 3.16. The van der Waals surface area contributed by atoms with Crippen molar-refractivity contribution in [2.75, 3.05) is 5.73 Å². The summed E-state index contributed by atoms with van der Waals surface area (Å²) in [5.41, 5.74) is 7.12. The fraction of sp³-hybridized carbons (Fsp3) is 0.727. The second kappa shape index (κ2) is 4.31. The Kier molecular flexibility index (Phi) is 3.23. The Morgan fingerprint density at radius 2 is 1.93 bits per heavy atom. The molecule has 84 valence electrons. The van der Waals surface area contributed by atoms with Gasteiger partial charge in [-0.05, 0) is 61.1 Å². The van der Waals surface area contributed by atoms with Gasteiger partial charge >= 0.3 is 0 Å². The van der Waals surface area contributed by atoms with E-state index in [1.165, 1.54) is 25.7 Å². The maximum Gasteiger partial charge on any atom is 0.135 e. The Hall–Kier alpha value is -0.260. The van der Waals surface area contributed by atoms with Gasteiger partial charge in [0.05, 0.1) is 15.3 Å². The van der Waals surface area contributed by atoms with E-state index >= 15 is 0 Å². The monoisotopic (exact) mass is 319 g/mol. The van der Waals surface area contributed by atoms with E-state index in [-0.39, 0.29) is 0 Å². The van der Waals surface area contributed by atoms with Gasteiger partial charge in [0, 0.05) is 0 Å². The van der Waals surface area contributed by atoms with Crippen molar-refractivity contribution >= 4 is 28.4 Å². The highest BCUT2D eigenvalue weighted by Crippen LogP contribution is 2.34. The summed E-state index contributed by atoms with van der Waals surface area (Å²) in [4.78, 5) is 0. The Morgan fingerprint density at radius 3 is 2.40 bits per heavy atom. The molecular formula is C11H18IN3.